The highest BCUT2D eigenvalue weighted by Crippen LogP contribution is 2.21. The van der Waals surface area contributed by atoms with Crippen molar-refractivity contribution in [3.05, 3.63) is 12.2 Å². The fraction of sp³-hybridized carbons (Fsp3) is 0.667. The van der Waals surface area contributed by atoms with Gasteiger partial charge in [-0.05, 0) is 25.2 Å². The Morgan fingerprint density at radius 2 is 2.23 bits per heavy atom. The zero-order valence-electron chi connectivity index (χ0n) is 7.39. The molecule has 4 nitrogen and oxygen atoms in total. The second-order valence-corrected chi connectivity index (χ2v) is 3.47. The van der Waals surface area contributed by atoms with E-state index in [-0.39, 0.29) is 12.0 Å². The molecule has 13 heavy (non-hydrogen) atoms. The summed E-state index contributed by atoms with van der Waals surface area (Å²) in [4.78, 5) is 10.4. The summed E-state index contributed by atoms with van der Waals surface area (Å²) in [6.07, 6.45) is 5.18. The SMILES string of the molecule is NC(CC1C=C[C@@H](O)CC1)C(=O)O. The zero-order valence-corrected chi connectivity index (χ0v) is 7.39. The highest BCUT2D eigenvalue weighted by molar-refractivity contribution is 5.73. The predicted octanol–water partition coefficient (Wildman–Crippen LogP) is 0.115. The molecule has 4 N–H and O–H groups in total. The van der Waals surface area contributed by atoms with Gasteiger partial charge in [0.05, 0.1) is 6.10 Å². The number of allylic oxidation sites excluding steroid dienone is 1. The van der Waals surface area contributed by atoms with Crippen molar-refractivity contribution < 1.29 is 15.0 Å². The molecule has 0 aromatic heterocycles. The average Bonchev–Trinajstić information content (AvgIpc) is 2.08. The lowest BCUT2D eigenvalue weighted by Crippen LogP contribution is -2.32. The molecule has 3 atom stereocenters. The minimum Gasteiger partial charge on any atom is -0.480 e. The Morgan fingerprint density at radius 3 is 2.69 bits per heavy atom. The lowest BCUT2D eigenvalue weighted by atomic mass is 9.89. The van der Waals surface area contributed by atoms with E-state index in [4.69, 9.17) is 15.9 Å². The summed E-state index contributed by atoms with van der Waals surface area (Å²) >= 11 is 0. The largest absolute Gasteiger partial charge is 0.480 e. The predicted molar refractivity (Wildman–Crippen MR) is 48.1 cm³/mol. The van der Waals surface area contributed by atoms with Crippen LogP contribution in [0, 0.1) is 5.92 Å². The zero-order chi connectivity index (χ0) is 9.84. The molecule has 0 spiro atoms. The third-order valence-electron chi connectivity index (χ3n) is 2.31. The van der Waals surface area contributed by atoms with Gasteiger partial charge in [-0.25, -0.2) is 0 Å². The molecule has 1 aliphatic rings. The molecule has 0 fully saturated rings. The fourth-order valence-corrected chi connectivity index (χ4v) is 1.49. The van der Waals surface area contributed by atoms with Crippen molar-refractivity contribution in [2.24, 2.45) is 11.7 Å². The number of aliphatic carboxylic acids is 1. The first kappa shape index (κ1) is 10.2. The Balaban J connectivity index is 2.38. The van der Waals surface area contributed by atoms with Crippen LogP contribution in [0.2, 0.25) is 0 Å². The molecule has 0 heterocycles. The van der Waals surface area contributed by atoms with E-state index in [1.54, 1.807) is 6.08 Å². The standard InChI is InChI=1S/C9H15NO3/c10-8(9(12)13)5-6-1-3-7(11)4-2-6/h1,3,6-8,11H,2,4-5,10H2,(H,12,13)/t6?,7-,8?/m1/s1. The second-order valence-electron chi connectivity index (χ2n) is 3.47. The van der Waals surface area contributed by atoms with Gasteiger partial charge in [0.1, 0.15) is 6.04 Å². The summed E-state index contributed by atoms with van der Waals surface area (Å²) in [7, 11) is 0. The molecule has 0 amide bonds. The van der Waals surface area contributed by atoms with Gasteiger partial charge in [-0.15, -0.1) is 0 Å². The van der Waals surface area contributed by atoms with Crippen LogP contribution in [-0.2, 0) is 4.79 Å². The lowest BCUT2D eigenvalue weighted by molar-refractivity contribution is -0.138. The van der Waals surface area contributed by atoms with Crippen molar-refractivity contribution in [1.82, 2.24) is 0 Å². The van der Waals surface area contributed by atoms with E-state index in [2.05, 4.69) is 0 Å². The Morgan fingerprint density at radius 1 is 1.54 bits per heavy atom. The number of rotatable bonds is 3. The van der Waals surface area contributed by atoms with Crippen molar-refractivity contribution in [2.45, 2.75) is 31.4 Å². The van der Waals surface area contributed by atoms with Gasteiger partial charge in [0.15, 0.2) is 0 Å². The Labute approximate surface area is 77.1 Å². The van der Waals surface area contributed by atoms with Gasteiger partial charge in [-0.3, -0.25) is 4.79 Å². The van der Waals surface area contributed by atoms with E-state index in [1.807, 2.05) is 6.08 Å². The molecule has 0 aromatic rings. The van der Waals surface area contributed by atoms with Crippen LogP contribution in [0.3, 0.4) is 0 Å². The molecule has 0 saturated heterocycles. The first-order valence-electron chi connectivity index (χ1n) is 4.44. The number of carbonyl (C=O) groups is 1. The number of aliphatic hydroxyl groups is 1. The first-order valence-corrected chi connectivity index (χ1v) is 4.44. The minimum absolute atomic E-state index is 0.203. The molecule has 1 aliphatic carbocycles. The van der Waals surface area contributed by atoms with Crippen LogP contribution in [0.4, 0.5) is 0 Å². The van der Waals surface area contributed by atoms with Gasteiger partial charge >= 0.3 is 5.97 Å². The molecule has 74 valence electrons. The number of carboxylic acids is 1. The van der Waals surface area contributed by atoms with Crippen LogP contribution in [0.5, 0.6) is 0 Å². The molecule has 0 saturated carbocycles. The summed E-state index contributed by atoms with van der Waals surface area (Å²) in [5.74, 6) is -0.756. The van der Waals surface area contributed by atoms with Crippen LogP contribution in [0.25, 0.3) is 0 Å². The highest BCUT2D eigenvalue weighted by atomic mass is 16.4. The third kappa shape index (κ3) is 3.16. The highest BCUT2D eigenvalue weighted by Gasteiger charge is 2.19. The van der Waals surface area contributed by atoms with Gasteiger partial charge in [0.2, 0.25) is 0 Å². The van der Waals surface area contributed by atoms with Crippen molar-refractivity contribution in [3.63, 3.8) is 0 Å². The van der Waals surface area contributed by atoms with Crippen molar-refractivity contribution in [1.29, 1.82) is 0 Å². The van der Waals surface area contributed by atoms with E-state index < -0.39 is 12.0 Å². The number of aliphatic hydroxyl groups excluding tert-OH is 1. The van der Waals surface area contributed by atoms with Crippen LogP contribution < -0.4 is 5.73 Å². The molecular formula is C9H15NO3. The molecule has 4 heteroatoms. The monoisotopic (exact) mass is 185 g/mol. The van der Waals surface area contributed by atoms with E-state index in [1.165, 1.54) is 0 Å². The normalized spacial score (nSPS) is 30.0. The van der Waals surface area contributed by atoms with Gasteiger partial charge in [0.25, 0.3) is 0 Å². The number of carboxylic acid groups (broad SMARTS) is 1. The minimum atomic E-state index is -0.959. The molecule has 0 radical (unpaired) electrons. The Kier molecular flexibility index (Phi) is 3.45. The Bertz CT molecular complexity index is 215. The summed E-state index contributed by atoms with van der Waals surface area (Å²) in [6.45, 7) is 0. The molecule has 0 aromatic carbocycles. The van der Waals surface area contributed by atoms with E-state index >= 15 is 0 Å². The second kappa shape index (κ2) is 4.39. The number of hydrogen-bond acceptors (Lipinski definition) is 3. The van der Waals surface area contributed by atoms with Crippen LogP contribution in [0.15, 0.2) is 12.2 Å². The quantitative estimate of drug-likeness (QED) is 0.545. The van der Waals surface area contributed by atoms with Gasteiger partial charge in [0, 0.05) is 0 Å². The van der Waals surface area contributed by atoms with Gasteiger partial charge < -0.3 is 15.9 Å². The number of hydrogen-bond donors (Lipinski definition) is 3. The maximum Gasteiger partial charge on any atom is 0.320 e. The van der Waals surface area contributed by atoms with E-state index in [0.717, 1.165) is 6.42 Å². The number of nitrogens with two attached hydrogens (primary N) is 1. The first-order chi connectivity index (χ1) is 6.09. The smallest absolute Gasteiger partial charge is 0.320 e. The van der Waals surface area contributed by atoms with Crippen molar-refractivity contribution >= 4 is 5.97 Å². The lowest BCUT2D eigenvalue weighted by Gasteiger charge is -2.20. The topological polar surface area (TPSA) is 83.5 Å². The fourth-order valence-electron chi connectivity index (χ4n) is 1.49. The van der Waals surface area contributed by atoms with Crippen molar-refractivity contribution in [2.75, 3.05) is 0 Å². The molecule has 0 bridgehead atoms. The molecule has 1 rings (SSSR count). The van der Waals surface area contributed by atoms with Crippen LogP contribution in [0.1, 0.15) is 19.3 Å². The average molecular weight is 185 g/mol. The van der Waals surface area contributed by atoms with Crippen molar-refractivity contribution in [3.8, 4) is 0 Å². The maximum absolute atomic E-state index is 10.4. The maximum atomic E-state index is 10.4. The van der Waals surface area contributed by atoms with Gasteiger partial charge in [-0.1, -0.05) is 12.2 Å². The van der Waals surface area contributed by atoms with Crippen LogP contribution in [-0.4, -0.2) is 28.3 Å². The summed E-state index contributed by atoms with van der Waals surface area (Å²) < 4.78 is 0. The summed E-state index contributed by atoms with van der Waals surface area (Å²) in [6, 6.07) is -0.787. The molecule has 2 unspecified atom stereocenters. The molecule has 0 aliphatic heterocycles. The van der Waals surface area contributed by atoms with Gasteiger partial charge in [-0.2, -0.15) is 0 Å². The van der Waals surface area contributed by atoms with E-state index in [9.17, 15) is 4.79 Å². The van der Waals surface area contributed by atoms with Crippen LogP contribution >= 0.6 is 0 Å². The summed E-state index contributed by atoms with van der Waals surface area (Å²) in [5, 5.41) is 17.7. The molecular weight excluding hydrogens is 170 g/mol. The summed E-state index contributed by atoms with van der Waals surface area (Å²) in [5.41, 5.74) is 5.39. The third-order valence-corrected chi connectivity index (χ3v) is 2.31. The Hall–Kier alpha value is -0.870. The van der Waals surface area contributed by atoms with E-state index in [0.29, 0.717) is 12.8 Å².